The highest BCUT2D eigenvalue weighted by atomic mass is 16.5. The Morgan fingerprint density at radius 3 is 3.16 bits per heavy atom. The van der Waals surface area contributed by atoms with Gasteiger partial charge in [-0.3, -0.25) is 0 Å². The number of nitrogens with zero attached hydrogens (tertiary/aromatic N) is 3. The van der Waals surface area contributed by atoms with E-state index in [0.29, 0.717) is 30.4 Å². The smallest absolute Gasteiger partial charge is 0.258 e. The fourth-order valence-electron chi connectivity index (χ4n) is 1.94. The molecule has 1 aromatic carbocycles. The van der Waals surface area contributed by atoms with Crippen LogP contribution >= 0.6 is 0 Å². The normalized spacial score (nSPS) is 19.0. The summed E-state index contributed by atoms with van der Waals surface area (Å²) in [5.74, 6) is 0.936. The topological polar surface area (TPSA) is 84.0 Å². The number of hydrogen-bond acceptors (Lipinski definition) is 6. The number of rotatable bonds is 2. The zero-order valence-electron chi connectivity index (χ0n) is 10.2. The number of nitrogens with one attached hydrogen (secondary N) is 1. The molecule has 2 aromatic rings. The Bertz CT molecular complexity index is 611. The Hall–Kier alpha value is -2.23. The first-order valence-corrected chi connectivity index (χ1v) is 6.03. The van der Waals surface area contributed by atoms with Gasteiger partial charge < -0.3 is 14.6 Å². The summed E-state index contributed by atoms with van der Waals surface area (Å²) in [7, 11) is 0. The highest BCUT2D eigenvalue weighted by molar-refractivity contribution is 5.55. The maximum absolute atomic E-state index is 8.87. The summed E-state index contributed by atoms with van der Waals surface area (Å²) in [5, 5.41) is 16.0. The zero-order chi connectivity index (χ0) is 13.1. The van der Waals surface area contributed by atoms with Gasteiger partial charge in [-0.25, -0.2) is 0 Å². The van der Waals surface area contributed by atoms with Crippen molar-refractivity contribution < 1.29 is 9.26 Å². The second kappa shape index (κ2) is 5.18. The molecule has 1 N–H and O–H groups in total. The second-order valence-corrected chi connectivity index (χ2v) is 4.21. The van der Waals surface area contributed by atoms with E-state index in [9.17, 15) is 0 Å². The summed E-state index contributed by atoms with van der Waals surface area (Å²) in [6.45, 7) is 2.15. The minimum absolute atomic E-state index is 0.176. The summed E-state index contributed by atoms with van der Waals surface area (Å²) in [4.78, 5) is 4.33. The van der Waals surface area contributed by atoms with Crippen LogP contribution in [0.5, 0.6) is 0 Å². The summed E-state index contributed by atoms with van der Waals surface area (Å²) < 4.78 is 10.8. The van der Waals surface area contributed by atoms with Gasteiger partial charge in [0, 0.05) is 18.7 Å². The Morgan fingerprint density at radius 1 is 1.42 bits per heavy atom. The SMILES string of the molecule is N#Cc1cccc(-c2nc(C3CNCCO3)no2)c1. The number of aromatic nitrogens is 2. The largest absolute Gasteiger partial charge is 0.367 e. The van der Waals surface area contributed by atoms with Gasteiger partial charge in [0.25, 0.3) is 5.89 Å². The van der Waals surface area contributed by atoms with Crippen LogP contribution in [0.4, 0.5) is 0 Å². The first-order valence-electron chi connectivity index (χ1n) is 6.03. The molecule has 6 nitrogen and oxygen atoms in total. The van der Waals surface area contributed by atoms with E-state index in [2.05, 4.69) is 21.5 Å². The van der Waals surface area contributed by atoms with Crippen molar-refractivity contribution in [1.29, 1.82) is 5.26 Å². The Morgan fingerprint density at radius 2 is 2.37 bits per heavy atom. The molecule has 96 valence electrons. The lowest BCUT2D eigenvalue weighted by Gasteiger charge is -2.20. The van der Waals surface area contributed by atoms with Gasteiger partial charge in [-0.05, 0) is 18.2 Å². The van der Waals surface area contributed by atoms with Gasteiger partial charge in [0.15, 0.2) is 0 Å². The first-order chi connectivity index (χ1) is 9.36. The number of morpholine rings is 1. The molecule has 0 bridgehead atoms. The Kier molecular flexibility index (Phi) is 3.23. The predicted molar refractivity (Wildman–Crippen MR) is 66.0 cm³/mol. The van der Waals surface area contributed by atoms with Crippen molar-refractivity contribution in [3.8, 4) is 17.5 Å². The van der Waals surface area contributed by atoms with Crippen LogP contribution in [0.3, 0.4) is 0 Å². The van der Waals surface area contributed by atoms with E-state index in [1.54, 1.807) is 18.2 Å². The lowest BCUT2D eigenvalue weighted by atomic mass is 10.1. The highest BCUT2D eigenvalue weighted by Gasteiger charge is 2.21. The molecule has 1 aromatic heterocycles. The van der Waals surface area contributed by atoms with E-state index in [1.165, 1.54) is 0 Å². The maximum atomic E-state index is 8.87. The van der Waals surface area contributed by atoms with Gasteiger partial charge in [-0.2, -0.15) is 10.2 Å². The molecule has 0 spiro atoms. The molecular weight excluding hydrogens is 244 g/mol. The minimum Gasteiger partial charge on any atom is -0.367 e. The number of nitriles is 1. The van der Waals surface area contributed by atoms with E-state index < -0.39 is 0 Å². The second-order valence-electron chi connectivity index (χ2n) is 4.21. The van der Waals surface area contributed by atoms with Crippen LogP contribution < -0.4 is 5.32 Å². The summed E-state index contributed by atoms with van der Waals surface area (Å²) in [6.07, 6.45) is -0.176. The third kappa shape index (κ3) is 2.47. The van der Waals surface area contributed by atoms with Gasteiger partial charge in [0.05, 0.1) is 18.2 Å². The predicted octanol–water partition coefficient (Wildman–Crippen LogP) is 1.27. The van der Waals surface area contributed by atoms with Gasteiger partial charge in [0.2, 0.25) is 5.82 Å². The molecule has 1 saturated heterocycles. The number of ether oxygens (including phenoxy) is 1. The molecule has 19 heavy (non-hydrogen) atoms. The fourth-order valence-corrected chi connectivity index (χ4v) is 1.94. The van der Waals surface area contributed by atoms with Crippen LogP contribution in [-0.2, 0) is 4.74 Å². The molecule has 1 atom stereocenters. The molecule has 1 aliphatic heterocycles. The quantitative estimate of drug-likeness (QED) is 0.871. The van der Waals surface area contributed by atoms with Crippen molar-refractivity contribution in [1.82, 2.24) is 15.5 Å². The number of benzene rings is 1. The molecule has 1 unspecified atom stereocenters. The van der Waals surface area contributed by atoms with Crippen LogP contribution in [-0.4, -0.2) is 29.8 Å². The third-order valence-corrected chi connectivity index (χ3v) is 2.90. The molecule has 6 heteroatoms. The van der Waals surface area contributed by atoms with Gasteiger partial charge >= 0.3 is 0 Å². The average molecular weight is 256 g/mol. The lowest BCUT2D eigenvalue weighted by Crippen LogP contribution is -2.33. The maximum Gasteiger partial charge on any atom is 0.258 e. The Labute approximate surface area is 110 Å². The van der Waals surface area contributed by atoms with Crippen molar-refractivity contribution in [3.63, 3.8) is 0 Å². The van der Waals surface area contributed by atoms with Crippen molar-refractivity contribution in [3.05, 3.63) is 35.7 Å². The monoisotopic (exact) mass is 256 g/mol. The first kappa shape index (κ1) is 11.8. The minimum atomic E-state index is -0.176. The molecule has 0 amide bonds. The molecule has 0 saturated carbocycles. The van der Waals surface area contributed by atoms with Crippen LogP contribution in [0.1, 0.15) is 17.5 Å². The molecule has 1 aliphatic rings. The van der Waals surface area contributed by atoms with Crippen LogP contribution in [0.15, 0.2) is 28.8 Å². The zero-order valence-corrected chi connectivity index (χ0v) is 10.2. The summed E-state index contributed by atoms with van der Waals surface area (Å²) in [6, 6.07) is 9.15. The van der Waals surface area contributed by atoms with E-state index in [4.69, 9.17) is 14.5 Å². The molecule has 1 fully saturated rings. The van der Waals surface area contributed by atoms with Gasteiger partial charge in [0.1, 0.15) is 6.10 Å². The third-order valence-electron chi connectivity index (χ3n) is 2.90. The van der Waals surface area contributed by atoms with E-state index in [0.717, 1.165) is 12.1 Å². The van der Waals surface area contributed by atoms with E-state index in [-0.39, 0.29) is 6.10 Å². The molecular formula is C13H12N4O2. The van der Waals surface area contributed by atoms with E-state index >= 15 is 0 Å². The van der Waals surface area contributed by atoms with Crippen LogP contribution in [0, 0.1) is 11.3 Å². The van der Waals surface area contributed by atoms with Crippen molar-refractivity contribution in [2.75, 3.05) is 19.7 Å². The number of hydrogen-bond donors (Lipinski definition) is 1. The van der Waals surface area contributed by atoms with Gasteiger partial charge in [-0.1, -0.05) is 11.2 Å². The van der Waals surface area contributed by atoms with Crippen molar-refractivity contribution in [2.45, 2.75) is 6.10 Å². The standard InChI is InChI=1S/C13H12N4O2/c14-7-9-2-1-3-10(6-9)13-16-12(17-19-13)11-8-15-4-5-18-11/h1-3,6,11,15H,4-5,8H2. The average Bonchev–Trinajstić information content (AvgIpc) is 2.98. The van der Waals surface area contributed by atoms with Crippen LogP contribution in [0.2, 0.25) is 0 Å². The van der Waals surface area contributed by atoms with Crippen LogP contribution in [0.25, 0.3) is 11.5 Å². The summed E-state index contributed by atoms with van der Waals surface area (Å²) in [5.41, 5.74) is 1.30. The fraction of sp³-hybridized carbons (Fsp3) is 0.308. The highest BCUT2D eigenvalue weighted by Crippen LogP contribution is 2.22. The Balaban J connectivity index is 1.86. The van der Waals surface area contributed by atoms with Crippen molar-refractivity contribution >= 4 is 0 Å². The molecule has 2 heterocycles. The van der Waals surface area contributed by atoms with Gasteiger partial charge in [-0.15, -0.1) is 0 Å². The summed E-state index contributed by atoms with van der Waals surface area (Å²) >= 11 is 0. The molecule has 3 rings (SSSR count). The molecule has 0 radical (unpaired) electrons. The lowest BCUT2D eigenvalue weighted by molar-refractivity contribution is 0.0208. The van der Waals surface area contributed by atoms with E-state index in [1.807, 2.05) is 6.07 Å². The molecule has 0 aliphatic carbocycles. The van der Waals surface area contributed by atoms with Crippen molar-refractivity contribution in [2.24, 2.45) is 0 Å².